The molecule has 132 valence electrons. The van der Waals surface area contributed by atoms with Crippen LogP contribution in [0.3, 0.4) is 0 Å². The van der Waals surface area contributed by atoms with Crippen LogP contribution in [0.4, 0.5) is 5.69 Å². The van der Waals surface area contributed by atoms with Gasteiger partial charge in [-0.15, -0.1) is 0 Å². The Bertz CT molecular complexity index is 1070. The summed E-state index contributed by atoms with van der Waals surface area (Å²) in [6.07, 6.45) is 7.00. The number of benzene rings is 1. The maximum atomic E-state index is 11.5. The number of aromatic nitrogens is 1. The molecular formula is C20H18N2O4. The lowest BCUT2D eigenvalue weighted by atomic mass is 10.1. The van der Waals surface area contributed by atoms with Gasteiger partial charge in [-0.2, -0.15) is 0 Å². The first kappa shape index (κ1) is 16.2. The molecule has 6 nitrogen and oxygen atoms in total. The van der Waals surface area contributed by atoms with Crippen LogP contribution >= 0.6 is 0 Å². The highest BCUT2D eigenvalue weighted by molar-refractivity contribution is 6.01. The molecule has 0 fully saturated rings. The summed E-state index contributed by atoms with van der Waals surface area (Å²) in [5, 5.41) is 4.99. The van der Waals surface area contributed by atoms with Gasteiger partial charge in [0.15, 0.2) is 0 Å². The van der Waals surface area contributed by atoms with Crippen molar-refractivity contribution in [3.05, 3.63) is 65.5 Å². The fourth-order valence-corrected chi connectivity index (χ4v) is 2.87. The van der Waals surface area contributed by atoms with Gasteiger partial charge >= 0.3 is 5.63 Å². The van der Waals surface area contributed by atoms with E-state index in [2.05, 4.69) is 10.3 Å². The van der Waals surface area contributed by atoms with Crippen molar-refractivity contribution < 1.29 is 13.6 Å². The van der Waals surface area contributed by atoms with E-state index in [1.807, 2.05) is 18.2 Å². The molecule has 6 heteroatoms. The molecule has 0 unspecified atom stereocenters. The van der Waals surface area contributed by atoms with Crippen molar-refractivity contribution in [1.29, 1.82) is 0 Å². The van der Waals surface area contributed by atoms with Crippen LogP contribution in [-0.2, 0) is 0 Å². The lowest BCUT2D eigenvalue weighted by Gasteiger charge is -2.10. The number of fused-ring (bicyclic) bond motifs is 2. The first-order valence-corrected chi connectivity index (χ1v) is 8.52. The van der Waals surface area contributed by atoms with E-state index in [0.717, 1.165) is 35.8 Å². The van der Waals surface area contributed by atoms with Crippen molar-refractivity contribution in [2.45, 2.75) is 12.8 Å². The average Bonchev–Trinajstić information content (AvgIpc) is 3.12. The number of rotatable bonds is 7. The third kappa shape index (κ3) is 3.39. The van der Waals surface area contributed by atoms with E-state index in [1.165, 1.54) is 6.07 Å². The zero-order valence-corrected chi connectivity index (χ0v) is 14.1. The summed E-state index contributed by atoms with van der Waals surface area (Å²) in [6.45, 7) is 1.43. The van der Waals surface area contributed by atoms with Crippen LogP contribution in [0.25, 0.3) is 21.9 Å². The monoisotopic (exact) mass is 350 g/mol. The topological polar surface area (TPSA) is 77.5 Å². The Balaban J connectivity index is 1.41. The van der Waals surface area contributed by atoms with E-state index < -0.39 is 5.63 Å². The van der Waals surface area contributed by atoms with Gasteiger partial charge in [0.2, 0.25) is 0 Å². The minimum absolute atomic E-state index is 0.392. The van der Waals surface area contributed by atoms with Crippen LogP contribution in [0.2, 0.25) is 0 Å². The summed E-state index contributed by atoms with van der Waals surface area (Å²) >= 11 is 0. The highest BCUT2D eigenvalue weighted by atomic mass is 16.5. The van der Waals surface area contributed by atoms with Gasteiger partial charge in [-0.05, 0) is 37.1 Å². The molecule has 0 aliphatic rings. The molecule has 4 aromatic rings. The molecule has 1 N–H and O–H groups in total. The second kappa shape index (κ2) is 7.31. The first-order chi connectivity index (χ1) is 12.8. The summed E-state index contributed by atoms with van der Waals surface area (Å²) in [7, 11) is 0. The third-order valence-electron chi connectivity index (χ3n) is 4.14. The number of hydrogen-bond acceptors (Lipinski definition) is 6. The second-order valence-corrected chi connectivity index (χ2v) is 5.92. The van der Waals surface area contributed by atoms with Gasteiger partial charge in [0, 0.05) is 36.8 Å². The lowest BCUT2D eigenvalue weighted by molar-refractivity contribution is 0.315. The van der Waals surface area contributed by atoms with Crippen molar-refractivity contribution in [3.63, 3.8) is 0 Å². The molecule has 0 saturated heterocycles. The Hall–Kier alpha value is -3.28. The molecule has 0 spiro atoms. The largest absolute Gasteiger partial charge is 0.492 e. The predicted octanol–water partition coefficient (Wildman–Crippen LogP) is 4.21. The number of ether oxygens (including phenoxy) is 1. The van der Waals surface area contributed by atoms with Gasteiger partial charge in [-0.3, -0.25) is 4.98 Å². The summed E-state index contributed by atoms with van der Waals surface area (Å²) < 4.78 is 16.7. The van der Waals surface area contributed by atoms with Crippen LogP contribution in [0, 0.1) is 0 Å². The van der Waals surface area contributed by atoms with Crippen LogP contribution in [0.5, 0.6) is 5.75 Å². The smallest absolute Gasteiger partial charge is 0.336 e. The van der Waals surface area contributed by atoms with Crippen LogP contribution in [-0.4, -0.2) is 18.1 Å². The minimum Gasteiger partial charge on any atom is -0.492 e. The van der Waals surface area contributed by atoms with Gasteiger partial charge in [0.25, 0.3) is 0 Å². The number of hydrogen-bond donors (Lipinski definition) is 1. The summed E-state index contributed by atoms with van der Waals surface area (Å²) in [5.74, 6) is 0.692. The molecular weight excluding hydrogens is 332 g/mol. The Labute approximate surface area is 149 Å². The average molecular weight is 350 g/mol. The van der Waals surface area contributed by atoms with Crippen LogP contribution in [0.1, 0.15) is 12.8 Å². The highest BCUT2D eigenvalue weighted by Gasteiger charge is 2.13. The van der Waals surface area contributed by atoms with Crippen molar-refractivity contribution in [2.75, 3.05) is 18.5 Å². The van der Waals surface area contributed by atoms with Gasteiger partial charge in [0.1, 0.15) is 16.9 Å². The van der Waals surface area contributed by atoms with E-state index in [4.69, 9.17) is 13.6 Å². The number of anilines is 1. The molecule has 3 heterocycles. The van der Waals surface area contributed by atoms with Crippen molar-refractivity contribution in [1.82, 2.24) is 4.98 Å². The fourth-order valence-electron chi connectivity index (χ4n) is 2.87. The second-order valence-electron chi connectivity index (χ2n) is 5.92. The Morgan fingerprint density at radius 3 is 2.73 bits per heavy atom. The number of pyridine rings is 1. The van der Waals surface area contributed by atoms with E-state index in [1.54, 1.807) is 30.8 Å². The highest BCUT2D eigenvalue weighted by Crippen LogP contribution is 2.35. The number of furan rings is 1. The van der Waals surface area contributed by atoms with Crippen LogP contribution < -0.4 is 15.7 Å². The minimum atomic E-state index is -0.392. The summed E-state index contributed by atoms with van der Waals surface area (Å²) in [4.78, 5) is 15.5. The van der Waals surface area contributed by atoms with Gasteiger partial charge < -0.3 is 18.9 Å². The molecule has 0 aliphatic carbocycles. The molecule has 0 radical (unpaired) electrons. The lowest BCUT2D eigenvalue weighted by Crippen LogP contribution is -2.05. The standard InChI is InChI=1S/C20H18N2O4/c23-19-4-3-15-18(26-19)13-17-16(7-12-24-17)20(15)25-11-2-1-8-22-14-5-9-21-10-6-14/h3-7,9-10,12-13H,1-2,8,11H2,(H,21,22). The Morgan fingerprint density at radius 2 is 1.85 bits per heavy atom. The van der Waals surface area contributed by atoms with Crippen LogP contribution in [0.15, 0.2) is 68.7 Å². The van der Waals surface area contributed by atoms with Crippen molar-refractivity contribution in [3.8, 4) is 5.75 Å². The zero-order valence-electron chi connectivity index (χ0n) is 14.1. The predicted molar refractivity (Wildman–Crippen MR) is 99.7 cm³/mol. The first-order valence-electron chi connectivity index (χ1n) is 8.52. The molecule has 0 atom stereocenters. The van der Waals surface area contributed by atoms with Gasteiger partial charge in [0.05, 0.1) is 23.6 Å². The zero-order chi connectivity index (χ0) is 17.8. The van der Waals surface area contributed by atoms with E-state index in [-0.39, 0.29) is 0 Å². The number of nitrogens with zero attached hydrogens (tertiary/aromatic N) is 1. The molecule has 4 rings (SSSR count). The van der Waals surface area contributed by atoms with E-state index in [9.17, 15) is 4.79 Å². The van der Waals surface area contributed by atoms with E-state index in [0.29, 0.717) is 23.5 Å². The molecule has 26 heavy (non-hydrogen) atoms. The molecule has 1 aromatic carbocycles. The Morgan fingerprint density at radius 1 is 1.00 bits per heavy atom. The molecule has 0 saturated carbocycles. The summed E-state index contributed by atoms with van der Waals surface area (Å²) in [5.41, 5.74) is 1.78. The maximum absolute atomic E-state index is 11.5. The van der Waals surface area contributed by atoms with Gasteiger partial charge in [-0.25, -0.2) is 4.79 Å². The molecule has 0 aliphatic heterocycles. The maximum Gasteiger partial charge on any atom is 0.336 e. The molecule has 0 bridgehead atoms. The SMILES string of the molecule is O=c1ccc2c(OCCCCNc3ccncc3)c3ccoc3cc2o1. The van der Waals surface area contributed by atoms with Gasteiger partial charge in [-0.1, -0.05) is 0 Å². The number of nitrogens with one attached hydrogen (secondary N) is 1. The third-order valence-corrected chi connectivity index (χ3v) is 4.14. The normalized spacial score (nSPS) is 11.1. The van der Waals surface area contributed by atoms with Crippen molar-refractivity contribution in [2.24, 2.45) is 0 Å². The quantitative estimate of drug-likeness (QED) is 0.397. The summed E-state index contributed by atoms with van der Waals surface area (Å²) in [6, 6.07) is 10.6. The van der Waals surface area contributed by atoms with Crippen molar-refractivity contribution >= 4 is 27.6 Å². The number of unbranched alkanes of at least 4 members (excludes halogenated alkanes) is 1. The molecule has 3 aromatic heterocycles. The Kier molecular flexibility index (Phi) is 4.55. The fraction of sp³-hybridized carbons (Fsp3) is 0.200. The van der Waals surface area contributed by atoms with E-state index >= 15 is 0 Å². The molecule has 0 amide bonds.